The number of urea groups is 1. The molecule has 0 bridgehead atoms. The van der Waals surface area contributed by atoms with Crippen LogP contribution in [0, 0.1) is 0 Å². The Kier molecular flexibility index (Phi) is 4.24. The van der Waals surface area contributed by atoms with Crippen LogP contribution in [0.25, 0.3) is 0 Å². The van der Waals surface area contributed by atoms with Gasteiger partial charge in [0, 0.05) is 0 Å². The first-order valence-electron chi connectivity index (χ1n) is 4.89. The van der Waals surface area contributed by atoms with Crippen LogP contribution in [0.3, 0.4) is 0 Å². The smallest absolute Gasteiger partial charge is 0.320 e. The normalized spacial score (nSPS) is 11.4. The Bertz CT molecular complexity index is 445. The highest BCUT2D eigenvalue weighted by Gasteiger charge is 2.10. The van der Waals surface area contributed by atoms with Crippen LogP contribution < -0.4 is 22.1 Å². The maximum atomic E-state index is 11.5. The molecule has 6 N–H and O–H groups in total. The number of amides is 3. The third kappa shape index (κ3) is 3.62. The number of anilines is 1. The second-order valence-electron chi connectivity index (χ2n) is 3.27. The molecule has 0 spiro atoms. The number of rotatable bonds is 4. The second-order valence-corrected chi connectivity index (χ2v) is 3.27. The molecule has 0 aliphatic carbocycles. The van der Waals surface area contributed by atoms with E-state index in [0.717, 1.165) is 0 Å². The first kappa shape index (κ1) is 12.7. The van der Waals surface area contributed by atoms with E-state index in [1.165, 1.54) is 12.1 Å². The van der Waals surface area contributed by atoms with Crippen molar-refractivity contribution >= 4 is 17.6 Å². The highest BCUT2D eigenvalue weighted by molar-refractivity contribution is 6.02. The summed E-state index contributed by atoms with van der Waals surface area (Å²) in [5, 5.41) is 4.88. The molecule has 1 aromatic rings. The van der Waals surface area contributed by atoms with Gasteiger partial charge in [-0.05, 0) is 12.1 Å². The summed E-state index contributed by atoms with van der Waals surface area (Å²) in [7, 11) is 0. The van der Waals surface area contributed by atoms with Gasteiger partial charge in [-0.15, -0.1) is 0 Å². The molecular formula is C11H14N4O2. The zero-order valence-corrected chi connectivity index (χ0v) is 9.14. The molecule has 0 saturated carbocycles. The molecule has 90 valence electrons. The van der Waals surface area contributed by atoms with Gasteiger partial charge in [0.15, 0.2) is 0 Å². The van der Waals surface area contributed by atoms with E-state index in [1.54, 1.807) is 18.2 Å². The molecule has 17 heavy (non-hydrogen) atoms. The molecule has 0 radical (unpaired) electrons. The Morgan fingerprint density at radius 1 is 1.35 bits per heavy atom. The van der Waals surface area contributed by atoms with Crippen LogP contribution in [0.2, 0.25) is 0 Å². The summed E-state index contributed by atoms with van der Waals surface area (Å²) in [5.41, 5.74) is 11.2. The van der Waals surface area contributed by atoms with E-state index in [9.17, 15) is 9.59 Å². The topological polar surface area (TPSA) is 110 Å². The van der Waals surface area contributed by atoms with E-state index >= 15 is 0 Å². The van der Waals surface area contributed by atoms with Crippen LogP contribution in [0.1, 0.15) is 10.4 Å². The van der Waals surface area contributed by atoms with Gasteiger partial charge in [-0.25, -0.2) is 4.79 Å². The molecule has 0 aliphatic rings. The molecule has 6 heteroatoms. The van der Waals surface area contributed by atoms with Gasteiger partial charge >= 0.3 is 6.03 Å². The Hall–Kier alpha value is -2.34. The lowest BCUT2D eigenvalue weighted by atomic mass is 10.1. The maximum absolute atomic E-state index is 11.5. The molecule has 6 nitrogen and oxygen atoms in total. The summed E-state index contributed by atoms with van der Waals surface area (Å²) < 4.78 is 0. The van der Waals surface area contributed by atoms with Crippen molar-refractivity contribution in [1.29, 1.82) is 0 Å². The first-order valence-corrected chi connectivity index (χ1v) is 4.89. The number of hydrogen-bond donors (Lipinski definition) is 4. The Labute approximate surface area is 98.7 Å². The van der Waals surface area contributed by atoms with E-state index in [2.05, 4.69) is 17.2 Å². The number of primary amides is 1. The van der Waals surface area contributed by atoms with Crippen LogP contribution in [0.4, 0.5) is 10.5 Å². The van der Waals surface area contributed by atoms with Crippen molar-refractivity contribution in [1.82, 2.24) is 5.32 Å². The summed E-state index contributed by atoms with van der Waals surface area (Å²) in [6.45, 7) is 3.42. The summed E-state index contributed by atoms with van der Waals surface area (Å²) in [6.07, 6.45) is 0.718. The molecule has 0 aliphatic heterocycles. The molecule has 1 rings (SSSR count). The number of para-hydroxylation sites is 1. The first-order chi connectivity index (χ1) is 8.04. The molecule has 0 heterocycles. The summed E-state index contributed by atoms with van der Waals surface area (Å²) in [4.78, 5) is 22.5. The van der Waals surface area contributed by atoms with Gasteiger partial charge in [-0.2, -0.15) is 0 Å². The number of carbonyl (C=O) groups excluding carboxylic acids is 2. The monoisotopic (exact) mass is 234 g/mol. The fraction of sp³-hybridized carbons (Fsp3) is 0.0909. The lowest BCUT2D eigenvalue weighted by molar-refractivity contribution is 0.100. The Morgan fingerprint density at radius 3 is 2.59 bits per heavy atom. The molecular weight excluding hydrogens is 220 g/mol. The molecule has 0 saturated heterocycles. The number of benzene rings is 1. The molecule has 1 aromatic carbocycles. The Morgan fingerprint density at radius 2 is 2.00 bits per heavy atom. The average molecular weight is 234 g/mol. The van der Waals surface area contributed by atoms with Crippen molar-refractivity contribution < 1.29 is 9.59 Å². The zero-order valence-electron chi connectivity index (χ0n) is 9.14. The van der Waals surface area contributed by atoms with Crippen molar-refractivity contribution in [2.75, 3.05) is 5.32 Å². The molecule has 1 unspecified atom stereocenters. The SMILES string of the molecule is C=CC(N)NC(=O)Nc1ccccc1C(N)=O. The fourth-order valence-corrected chi connectivity index (χ4v) is 1.18. The molecule has 1 atom stereocenters. The van der Waals surface area contributed by atoms with Crippen molar-refractivity contribution in [3.63, 3.8) is 0 Å². The molecule has 0 aromatic heterocycles. The maximum Gasteiger partial charge on any atom is 0.320 e. The van der Waals surface area contributed by atoms with Crippen LogP contribution in [0.15, 0.2) is 36.9 Å². The summed E-state index contributed by atoms with van der Waals surface area (Å²) in [5.74, 6) is -0.617. The summed E-state index contributed by atoms with van der Waals surface area (Å²) in [6, 6.07) is 5.88. The van der Waals surface area contributed by atoms with Crippen molar-refractivity contribution in [3.05, 3.63) is 42.5 Å². The van der Waals surface area contributed by atoms with Gasteiger partial charge in [-0.3, -0.25) is 4.79 Å². The number of hydrogen-bond acceptors (Lipinski definition) is 3. The minimum absolute atomic E-state index is 0.231. The third-order valence-electron chi connectivity index (χ3n) is 1.99. The average Bonchev–Trinajstić information content (AvgIpc) is 2.29. The van der Waals surface area contributed by atoms with Crippen LogP contribution >= 0.6 is 0 Å². The summed E-state index contributed by atoms with van der Waals surface area (Å²) >= 11 is 0. The minimum Gasteiger partial charge on any atom is -0.366 e. The van der Waals surface area contributed by atoms with Gasteiger partial charge in [0.05, 0.1) is 17.4 Å². The highest BCUT2D eigenvalue weighted by atomic mass is 16.2. The number of nitrogens with two attached hydrogens (primary N) is 2. The van der Waals surface area contributed by atoms with Gasteiger partial charge in [-0.1, -0.05) is 24.8 Å². The van der Waals surface area contributed by atoms with E-state index in [-0.39, 0.29) is 5.56 Å². The van der Waals surface area contributed by atoms with Gasteiger partial charge in [0.1, 0.15) is 0 Å². The Balaban J connectivity index is 2.78. The van der Waals surface area contributed by atoms with Crippen LogP contribution in [-0.2, 0) is 0 Å². The predicted molar refractivity (Wildman–Crippen MR) is 65.3 cm³/mol. The highest BCUT2D eigenvalue weighted by Crippen LogP contribution is 2.13. The third-order valence-corrected chi connectivity index (χ3v) is 1.99. The van der Waals surface area contributed by atoms with E-state index in [4.69, 9.17) is 11.5 Å². The van der Waals surface area contributed by atoms with Crippen LogP contribution in [-0.4, -0.2) is 18.1 Å². The number of nitrogens with one attached hydrogen (secondary N) is 2. The zero-order chi connectivity index (χ0) is 12.8. The number of carbonyl (C=O) groups is 2. The van der Waals surface area contributed by atoms with Gasteiger partial charge in [0.2, 0.25) is 0 Å². The van der Waals surface area contributed by atoms with E-state index < -0.39 is 18.1 Å². The quantitative estimate of drug-likeness (QED) is 0.446. The van der Waals surface area contributed by atoms with E-state index in [0.29, 0.717) is 5.69 Å². The second kappa shape index (κ2) is 5.66. The lowest BCUT2D eigenvalue weighted by Crippen LogP contribution is -2.42. The van der Waals surface area contributed by atoms with Crippen molar-refractivity contribution in [2.24, 2.45) is 11.5 Å². The predicted octanol–water partition coefficient (Wildman–Crippen LogP) is 0.378. The lowest BCUT2D eigenvalue weighted by Gasteiger charge is -2.12. The minimum atomic E-state index is -0.657. The fourth-order valence-electron chi connectivity index (χ4n) is 1.18. The van der Waals surface area contributed by atoms with Crippen molar-refractivity contribution in [3.8, 4) is 0 Å². The molecule has 0 fully saturated rings. The largest absolute Gasteiger partial charge is 0.366 e. The van der Waals surface area contributed by atoms with Gasteiger partial charge in [0.25, 0.3) is 5.91 Å². The molecule has 3 amide bonds. The van der Waals surface area contributed by atoms with Gasteiger partial charge < -0.3 is 22.1 Å². The standard InChI is InChI=1S/C11H14N4O2/c1-2-9(12)15-11(17)14-8-6-4-3-5-7(8)10(13)16/h2-6,9H,1,12H2,(H2,13,16)(H2,14,15,17). The van der Waals surface area contributed by atoms with Crippen LogP contribution in [0.5, 0.6) is 0 Å². The van der Waals surface area contributed by atoms with Crippen molar-refractivity contribution in [2.45, 2.75) is 6.17 Å². The van der Waals surface area contributed by atoms with E-state index in [1.807, 2.05) is 0 Å².